The first kappa shape index (κ1) is 12.8. The number of hydrogen-bond acceptors (Lipinski definition) is 5. The molecule has 3 aromatic heterocycles. The number of hydrogen-bond donors (Lipinski definition) is 1. The van der Waals surface area contributed by atoms with Crippen LogP contribution in [0.15, 0.2) is 40.6 Å². The van der Waals surface area contributed by atoms with Crippen LogP contribution in [0.3, 0.4) is 0 Å². The van der Waals surface area contributed by atoms with Crippen molar-refractivity contribution in [2.45, 2.75) is 13.5 Å². The fourth-order valence-corrected chi connectivity index (χ4v) is 2.80. The molecule has 0 radical (unpaired) electrons. The van der Waals surface area contributed by atoms with Crippen LogP contribution in [0.2, 0.25) is 0 Å². The molecule has 1 N–H and O–H groups in total. The first-order valence-corrected chi connectivity index (χ1v) is 7.29. The number of rotatable bonds is 4. The van der Waals surface area contributed by atoms with E-state index in [9.17, 15) is 4.79 Å². The number of fused-ring (bicyclic) bond motifs is 1. The smallest absolute Gasteiger partial charge is 0.250 e. The molecule has 3 rings (SSSR count). The molecule has 3 heterocycles. The number of nitrogens with one attached hydrogen (secondary N) is 1. The Morgan fingerprint density at radius 1 is 1.30 bits per heavy atom. The summed E-state index contributed by atoms with van der Waals surface area (Å²) < 4.78 is 1.60. The Labute approximate surface area is 119 Å². The van der Waals surface area contributed by atoms with Gasteiger partial charge in [0.2, 0.25) is 0 Å². The van der Waals surface area contributed by atoms with E-state index in [-0.39, 0.29) is 5.56 Å². The largest absolute Gasteiger partial charge is 0.370 e. The van der Waals surface area contributed by atoms with Gasteiger partial charge in [-0.05, 0) is 24.4 Å². The highest BCUT2D eigenvalue weighted by molar-refractivity contribution is 7.16. The minimum absolute atomic E-state index is 0.0487. The molecule has 0 spiro atoms. The Hall–Kier alpha value is -2.21. The summed E-state index contributed by atoms with van der Waals surface area (Å²) >= 11 is 1.58. The van der Waals surface area contributed by atoms with Gasteiger partial charge in [-0.1, -0.05) is 6.07 Å². The van der Waals surface area contributed by atoms with Gasteiger partial charge in [0.25, 0.3) is 5.56 Å². The summed E-state index contributed by atoms with van der Waals surface area (Å²) in [5.74, 6) is 1.47. The molecule has 3 aromatic rings. The molecule has 0 atom stereocenters. The van der Waals surface area contributed by atoms with Gasteiger partial charge in [0.05, 0.1) is 11.9 Å². The lowest BCUT2D eigenvalue weighted by atomic mass is 10.3. The predicted octanol–water partition coefficient (Wildman–Crippen LogP) is 2.33. The van der Waals surface area contributed by atoms with Crippen LogP contribution in [-0.4, -0.2) is 21.1 Å². The Morgan fingerprint density at radius 3 is 3.00 bits per heavy atom. The average Bonchev–Trinajstić information content (AvgIpc) is 2.90. The van der Waals surface area contributed by atoms with Gasteiger partial charge >= 0.3 is 0 Å². The van der Waals surface area contributed by atoms with Gasteiger partial charge in [-0.3, -0.25) is 4.79 Å². The maximum absolute atomic E-state index is 11.7. The van der Waals surface area contributed by atoms with Crippen molar-refractivity contribution < 1.29 is 0 Å². The monoisotopic (exact) mass is 286 g/mol. The molecule has 0 unspecified atom stereocenters. The molecular formula is C14H14N4OS. The van der Waals surface area contributed by atoms with E-state index in [1.165, 1.54) is 6.07 Å². The fourth-order valence-electron chi connectivity index (χ4n) is 2.02. The van der Waals surface area contributed by atoms with Gasteiger partial charge in [0, 0.05) is 18.8 Å². The number of nitrogens with zero attached hydrogens (tertiary/aromatic N) is 3. The van der Waals surface area contributed by atoms with Crippen molar-refractivity contribution >= 4 is 27.4 Å². The second-order valence-electron chi connectivity index (χ2n) is 4.32. The summed E-state index contributed by atoms with van der Waals surface area (Å²) in [4.78, 5) is 21.7. The third-order valence-corrected chi connectivity index (χ3v) is 3.73. The highest BCUT2D eigenvalue weighted by atomic mass is 32.1. The van der Waals surface area contributed by atoms with Crippen molar-refractivity contribution in [1.82, 2.24) is 14.5 Å². The van der Waals surface area contributed by atoms with Crippen molar-refractivity contribution in [1.29, 1.82) is 0 Å². The molecule has 0 amide bonds. The summed E-state index contributed by atoms with van der Waals surface area (Å²) in [7, 11) is 0. The minimum atomic E-state index is -0.0487. The van der Waals surface area contributed by atoms with Crippen LogP contribution in [0, 0.1) is 0 Å². The SMILES string of the molecule is CCNc1nc(Cn2ccccc2=O)nc2sccc12. The van der Waals surface area contributed by atoms with E-state index < -0.39 is 0 Å². The van der Waals surface area contributed by atoms with E-state index >= 15 is 0 Å². The lowest BCUT2D eigenvalue weighted by Gasteiger charge is -2.08. The molecule has 20 heavy (non-hydrogen) atoms. The third kappa shape index (κ3) is 2.42. The zero-order valence-corrected chi connectivity index (χ0v) is 11.9. The fraction of sp³-hybridized carbons (Fsp3) is 0.214. The number of aromatic nitrogens is 3. The van der Waals surface area contributed by atoms with E-state index in [0.29, 0.717) is 12.4 Å². The Bertz CT molecular complexity index is 793. The zero-order valence-electron chi connectivity index (χ0n) is 11.0. The van der Waals surface area contributed by atoms with E-state index in [1.54, 1.807) is 28.2 Å². The normalized spacial score (nSPS) is 10.8. The zero-order chi connectivity index (χ0) is 13.9. The van der Waals surface area contributed by atoms with Gasteiger partial charge in [-0.25, -0.2) is 9.97 Å². The number of thiophene rings is 1. The molecule has 0 aliphatic heterocycles. The molecule has 5 nitrogen and oxygen atoms in total. The maximum atomic E-state index is 11.7. The molecular weight excluding hydrogens is 272 g/mol. The van der Waals surface area contributed by atoms with Crippen molar-refractivity contribution in [2.24, 2.45) is 0 Å². The first-order valence-electron chi connectivity index (χ1n) is 6.41. The second-order valence-corrected chi connectivity index (χ2v) is 5.22. The minimum Gasteiger partial charge on any atom is -0.370 e. The molecule has 0 fully saturated rings. The van der Waals surface area contributed by atoms with Gasteiger partial charge in [0.15, 0.2) is 5.82 Å². The van der Waals surface area contributed by atoms with Crippen LogP contribution >= 0.6 is 11.3 Å². The lowest BCUT2D eigenvalue weighted by molar-refractivity contribution is 0.720. The van der Waals surface area contributed by atoms with Gasteiger partial charge in [0.1, 0.15) is 10.6 Å². The maximum Gasteiger partial charge on any atom is 0.250 e. The van der Waals surface area contributed by atoms with Crippen LogP contribution in [0.4, 0.5) is 5.82 Å². The van der Waals surface area contributed by atoms with Crippen LogP contribution < -0.4 is 10.9 Å². The van der Waals surface area contributed by atoms with Crippen LogP contribution in [0.25, 0.3) is 10.2 Å². The average molecular weight is 286 g/mol. The van der Waals surface area contributed by atoms with E-state index in [4.69, 9.17) is 0 Å². The van der Waals surface area contributed by atoms with E-state index in [2.05, 4.69) is 15.3 Å². The molecule has 6 heteroatoms. The molecule has 0 saturated carbocycles. The molecule has 0 saturated heterocycles. The van der Waals surface area contributed by atoms with Gasteiger partial charge in [-0.2, -0.15) is 0 Å². The quantitative estimate of drug-likeness (QED) is 0.799. The van der Waals surface area contributed by atoms with Gasteiger partial charge in [-0.15, -0.1) is 11.3 Å². The summed E-state index contributed by atoms with van der Waals surface area (Å²) in [5, 5.41) is 6.27. The molecule has 0 aromatic carbocycles. The van der Waals surface area contributed by atoms with Crippen molar-refractivity contribution in [3.05, 3.63) is 52.0 Å². The standard InChI is InChI=1S/C14H14N4OS/c1-2-15-13-10-6-8-20-14(10)17-11(16-13)9-18-7-4-3-5-12(18)19/h3-8H,2,9H2,1H3,(H,15,16,17). The predicted molar refractivity (Wildman–Crippen MR) is 81.4 cm³/mol. The highest BCUT2D eigenvalue weighted by Crippen LogP contribution is 2.25. The van der Waals surface area contributed by atoms with Crippen LogP contribution in [-0.2, 0) is 6.54 Å². The summed E-state index contributed by atoms with van der Waals surface area (Å²) in [5.41, 5.74) is -0.0487. The third-order valence-electron chi connectivity index (χ3n) is 2.93. The van der Waals surface area contributed by atoms with E-state index in [0.717, 1.165) is 22.6 Å². The summed E-state index contributed by atoms with van der Waals surface area (Å²) in [6.45, 7) is 3.21. The molecule has 0 aliphatic carbocycles. The molecule has 102 valence electrons. The summed E-state index contributed by atoms with van der Waals surface area (Å²) in [6, 6.07) is 7.10. The van der Waals surface area contributed by atoms with Crippen LogP contribution in [0.1, 0.15) is 12.7 Å². The van der Waals surface area contributed by atoms with Crippen molar-refractivity contribution in [2.75, 3.05) is 11.9 Å². The Balaban J connectivity index is 2.03. The van der Waals surface area contributed by atoms with Crippen molar-refractivity contribution in [3.63, 3.8) is 0 Å². The molecule has 0 bridgehead atoms. The first-order chi connectivity index (χ1) is 9.78. The van der Waals surface area contributed by atoms with Crippen LogP contribution in [0.5, 0.6) is 0 Å². The second kappa shape index (κ2) is 5.42. The Morgan fingerprint density at radius 2 is 2.20 bits per heavy atom. The summed E-state index contributed by atoms with van der Waals surface area (Å²) in [6.07, 6.45) is 1.75. The topological polar surface area (TPSA) is 59.8 Å². The highest BCUT2D eigenvalue weighted by Gasteiger charge is 2.09. The van der Waals surface area contributed by atoms with E-state index in [1.807, 2.05) is 24.4 Å². The van der Waals surface area contributed by atoms with Crippen molar-refractivity contribution in [3.8, 4) is 0 Å². The number of pyridine rings is 1. The molecule has 0 aliphatic rings. The number of anilines is 1. The lowest BCUT2D eigenvalue weighted by Crippen LogP contribution is -2.19. The van der Waals surface area contributed by atoms with Gasteiger partial charge < -0.3 is 9.88 Å². The Kier molecular flexibility index (Phi) is 3.47.